The number of hydrogen-bond acceptors (Lipinski definition) is 5. The molecule has 146 valence electrons. The Hall–Kier alpha value is -1.24. The number of piperidine rings is 1. The van der Waals surface area contributed by atoms with E-state index < -0.39 is 0 Å². The molecule has 1 saturated carbocycles. The van der Waals surface area contributed by atoms with Crippen LogP contribution in [0.2, 0.25) is 0 Å². The van der Waals surface area contributed by atoms with Crippen molar-refractivity contribution >= 4 is 23.6 Å². The Bertz CT molecular complexity index is 607. The fourth-order valence-corrected chi connectivity index (χ4v) is 4.43. The quantitative estimate of drug-likeness (QED) is 0.699. The van der Waals surface area contributed by atoms with Gasteiger partial charge in [0.1, 0.15) is 0 Å². The molecule has 0 bridgehead atoms. The van der Waals surface area contributed by atoms with Crippen molar-refractivity contribution in [3.8, 4) is 0 Å². The molecule has 1 amide bonds. The first-order chi connectivity index (χ1) is 12.5. The van der Waals surface area contributed by atoms with Crippen molar-refractivity contribution in [1.82, 2.24) is 20.1 Å². The van der Waals surface area contributed by atoms with E-state index in [4.69, 9.17) is 0 Å². The van der Waals surface area contributed by atoms with Crippen molar-refractivity contribution in [3.05, 3.63) is 0 Å². The molecule has 0 aromatic carbocycles. The van der Waals surface area contributed by atoms with Crippen molar-refractivity contribution in [3.63, 3.8) is 0 Å². The second kappa shape index (κ2) is 8.63. The van der Waals surface area contributed by atoms with E-state index in [1.807, 2.05) is 6.92 Å². The van der Waals surface area contributed by atoms with Crippen molar-refractivity contribution in [2.45, 2.75) is 88.7 Å². The van der Waals surface area contributed by atoms with Gasteiger partial charge in [-0.3, -0.25) is 9.36 Å². The molecule has 26 heavy (non-hydrogen) atoms. The zero-order chi connectivity index (χ0) is 18.7. The highest BCUT2D eigenvalue weighted by Gasteiger charge is 2.33. The van der Waals surface area contributed by atoms with Crippen molar-refractivity contribution in [2.24, 2.45) is 5.92 Å². The molecule has 1 aliphatic carbocycles. The molecule has 2 unspecified atom stereocenters. The fourth-order valence-electron chi connectivity index (χ4n) is 3.50. The molecule has 1 N–H and O–H groups in total. The van der Waals surface area contributed by atoms with Crippen LogP contribution >= 0.6 is 11.8 Å². The van der Waals surface area contributed by atoms with Gasteiger partial charge in [0.05, 0.1) is 5.25 Å². The molecule has 7 heteroatoms. The van der Waals surface area contributed by atoms with E-state index >= 15 is 0 Å². The molecule has 1 aliphatic heterocycles. The van der Waals surface area contributed by atoms with Gasteiger partial charge in [-0.1, -0.05) is 32.0 Å². The minimum absolute atomic E-state index is 0.0923. The Balaban J connectivity index is 1.67. The summed E-state index contributed by atoms with van der Waals surface area (Å²) in [6.07, 6.45) is 6.91. The van der Waals surface area contributed by atoms with Crippen LogP contribution in [0.4, 0.5) is 5.95 Å². The molecule has 1 aromatic heterocycles. The monoisotopic (exact) mass is 379 g/mol. The lowest BCUT2D eigenvalue weighted by Crippen LogP contribution is -2.37. The maximum Gasteiger partial charge on any atom is 0.233 e. The summed E-state index contributed by atoms with van der Waals surface area (Å²) < 4.78 is 2.29. The van der Waals surface area contributed by atoms with Crippen molar-refractivity contribution in [1.29, 1.82) is 0 Å². The van der Waals surface area contributed by atoms with Gasteiger partial charge < -0.3 is 10.2 Å². The summed E-state index contributed by atoms with van der Waals surface area (Å²) in [5.74, 6) is 1.90. The highest BCUT2D eigenvalue weighted by Crippen LogP contribution is 2.42. The summed E-state index contributed by atoms with van der Waals surface area (Å²) in [5.41, 5.74) is 0. The lowest BCUT2D eigenvalue weighted by atomic mass is 10.00. The number of hydrogen-bond donors (Lipinski definition) is 1. The van der Waals surface area contributed by atoms with E-state index in [-0.39, 0.29) is 17.2 Å². The van der Waals surface area contributed by atoms with E-state index in [1.165, 1.54) is 25.7 Å². The molecular formula is C19H33N5OS. The van der Waals surface area contributed by atoms with Crippen LogP contribution in [0, 0.1) is 5.92 Å². The SMILES string of the molecule is CCCC(C)NC(=O)C(C)Sc1nnc(N2CCC(C)CC2)n1C1CC1. The predicted molar refractivity (Wildman–Crippen MR) is 107 cm³/mol. The van der Waals surface area contributed by atoms with Gasteiger partial charge in [0.2, 0.25) is 11.9 Å². The third-order valence-corrected chi connectivity index (χ3v) is 6.44. The summed E-state index contributed by atoms with van der Waals surface area (Å²) in [6, 6.07) is 0.735. The Morgan fingerprint density at radius 1 is 1.23 bits per heavy atom. The Morgan fingerprint density at radius 2 is 1.92 bits per heavy atom. The highest BCUT2D eigenvalue weighted by molar-refractivity contribution is 8.00. The first-order valence-corrected chi connectivity index (χ1v) is 11.0. The molecule has 2 aliphatic rings. The smallest absolute Gasteiger partial charge is 0.233 e. The zero-order valence-electron chi connectivity index (χ0n) is 16.6. The van der Waals surface area contributed by atoms with Gasteiger partial charge in [0, 0.05) is 25.2 Å². The standard InChI is InChI=1S/C19H33N5OS/c1-5-6-14(3)20-17(25)15(4)26-19-22-21-18(24(19)16-7-8-16)23-11-9-13(2)10-12-23/h13-16H,5-12H2,1-4H3,(H,20,25). The molecule has 0 radical (unpaired) electrons. The van der Waals surface area contributed by atoms with E-state index in [0.717, 1.165) is 43.0 Å². The number of nitrogens with zero attached hydrogens (tertiary/aromatic N) is 4. The molecule has 1 saturated heterocycles. The number of rotatable bonds is 8. The molecule has 2 atom stereocenters. The summed E-state index contributed by atoms with van der Waals surface area (Å²) in [4.78, 5) is 14.9. The molecule has 0 spiro atoms. The van der Waals surface area contributed by atoms with Crippen molar-refractivity contribution in [2.75, 3.05) is 18.0 Å². The number of aromatic nitrogens is 3. The summed E-state index contributed by atoms with van der Waals surface area (Å²) in [5, 5.41) is 12.8. The van der Waals surface area contributed by atoms with Gasteiger partial charge in [-0.15, -0.1) is 10.2 Å². The Kier molecular flexibility index (Phi) is 6.48. The van der Waals surface area contributed by atoms with E-state index in [2.05, 4.69) is 45.8 Å². The van der Waals surface area contributed by atoms with Crippen LogP contribution in [-0.2, 0) is 4.79 Å². The van der Waals surface area contributed by atoms with Gasteiger partial charge >= 0.3 is 0 Å². The van der Waals surface area contributed by atoms with Crippen LogP contribution in [0.3, 0.4) is 0 Å². The fraction of sp³-hybridized carbons (Fsp3) is 0.842. The lowest BCUT2D eigenvalue weighted by molar-refractivity contribution is -0.120. The first kappa shape index (κ1) is 19.5. The highest BCUT2D eigenvalue weighted by atomic mass is 32.2. The molecule has 6 nitrogen and oxygen atoms in total. The Labute approximate surface area is 161 Å². The summed E-state index contributed by atoms with van der Waals surface area (Å²) in [6.45, 7) is 10.6. The normalized spacial score (nSPS) is 20.8. The molecule has 1 aromatic rings. The number of thioether (sulfide) groups is 1. The van der Waals surface area contributed by atoms with E-state index in [0.29, 0.717) is 6.04 Å². The maximum atomic E-state index is 12.5. The number of anilines is 1. The van der Waals surface area contributed by atoms with Gasteiger partial charge in [0.25, 0.3) is 0 Å². The largest absolute Gasteiger partial charge is 0.353 e. The summed E-state index contributed by atoms with van der Waals surface area (Å²) >= 11 is 1.54. The first-order valence-electron chi connectivity index (χ1n) is 10.2. The van der Waals surface area contributed by atoms with Crippen LogP contribution in [0.1, 0.15) is 72.3 Å². The topological polar surface area (TPSA) is 63.1 Å². The van der Waals surface area contributed by atoms with Gasteiger partial charge in [0.15, 0.2) is 5.16 Å². The van der Waals surface area contributed by atoms with Crippen molar-refractivity contribution < 1.29 is 4.79 Å². The second-order valence-electron chi connectivity index (χ2n) is 8.01. The van der Waals surface area contributed by atoms with Crippen LogP contribution in [0.25, 0.3) is 0 Å². The average molecular weight is 380 g/mol. The molecular weight excluding hydrogens is 346 g/mol. The van der Waals surface area contributed by atoms with Crippen LogP contribution < -0.4 is 10.2 Å². The van der Waals surface area contributed by atoms with Gasteiger partial charge in [-0.05, 0) is 51.9 Å². The van der Waals surface area contributed by atoms with Crippen LogP contribution in [0.15, 0.2) is 5.16 Å². The number of carbonyl (C=O) groups excluding carboxylic acids is 1. The van der Waals surface area contributed by atoms with Gasteiger partial charge in [-0.2, -0.15) is 0 Å². The van der Waals surface area contributed by atoms with E-state index in [1.54, 1.807) is 11.8 Å². The summed E-state index contributed by atoms with van der Waals surface area (Å²) in [7, 11) is 0. The van der Waals surface area contributed by atoms with E-state index in [9.17, 15) is 4.79 Å². The predicted octanol–water partition coefficient (Wildman–Crippen LogP) is 3.63. The Morgan fingerprint density at radius 3 is 2.54 bits per heavy atom. The molecule has 2 fully saturated rings. The molecule has 2 heterocycles. The minimum atomic E-state index is -0.162. The maximum absolute atomic E-state index is 12.5. The second-order valence-corrected chi connectivity index (χ2v) is 9.32. The minimum Gasteiger partial charge on any atom is -0.353 e. The zero-order valence-corrected chi connectivity index (χ0v) is 17.4. The third kappa shape index (κ3) is 4.72. The third-order valence-electron chi connectivity index (χ3n) is 5.39. The number of amides is 1. The van der Waals surface area contributed by atoms with Crippen LogP contribution in [0.5, 0.6) is 0 Å². The average Bonchev–Trinajstić information content (AvgIpc) is 3.36. The lowest BCUT2D eigenvalue weighted by Gasteiger charge is -2.31. The molecule has 3 rings (SSSR count). The van der Waals surface area contributed by atoms with Crippen LogP contribution in [-0.4, -0.2) is 45.1 Å². The number of nitrogens with one attached hydrogen (secondary N) is 1. The van der Waals surface area contributed by atoms with Gasteiger partial charge in [-0.25, -0.2) is 0 Å². The number of carbonyl (C=O) groups is 1.